The lowest BCUT2D eigenvalue weighted by molar-refractivity contribution is 0.582. The number of rotatable bonds is 3. The van der Waals surface area contributed by atoms with Crippen LogP contribution in [0.25, 0.3) is 27.9 Å². The summed E-state index contributed by atoms with van der Waals surface area (Å²) in [6, 6.07) is 5.85. The van der Waals surface area contributed by atoms with E-state index in [4.69, 9.17) is 10.2 Å². The number of nitrogens with two attached hydrogens (primary N) is 1. The Labute approximate surface area is 120 Å². The van der Waals surface area contributed by atoms with Gasteiger partial charge in [-0.25, -0.2) is 4.68 Å². The lowest BCUT2D eigenvalue weighted by Gasteiger charge is -2.03. The molecule has 0 aliphatic heterocycles. The summed E-state index contributed by atoms with van der Waals surface area (Å²) in [4.78, 5) is 4.49. The number of aryl methyl sites for hydroxylation is 1. The predicted molar refractivity (Wildman–Crippen MR) is 80.9 cm³/mol. The molecule has 0 aliphatic carbocycles. The molecule has 0 aromatic carbocycles. The second kappa shape index (κ2) is 4.37. The molecule has 0 bridgehead atoms. The lowest BCUT2D eigenvalue weighted by atomic mass is 10.2. The third-order valence-corrected chi connectivity index (χ3v) is 3.62. The van der Waals surface area contributed by atoms with Gasteiger partial charge in [0, 0.05) is 18.3 Å². The van der Waals surface area contributed by atoms with Gasteiger partial charge in [-0.2, -0.15) is 10.1 Å². The second-order valence-corrected chi connectivity index (χ2v) is 5.04. The number of aromatic nitrogens is 4. The first-order chi connectivity index (χ1) is 10.3. The number of anilines is 1. The van der Waals surface area contributed by atoms with Gasteiger partial charge < -0.3 is 10.2 Å². The molecule has 0 saturated heterocycles. The van der Waals surface area contributed by atoms with Crippen LogP contribution in [0.2, 0.25) is 0 Å². The zero-order valence-electron chi connectivity index (χ0n) is 11.7. The summed E-state index contributed by atoms with van der Waals surface area (Å²) < 4.78 is 9.22. The van der Waals surface area contributed by atoms with Crippen molar-refractivity contribution in [2.45, 2.75) is 19.9 Å². The van der Waals surface area contributed by atoms with Crippen molar-refractivity contribution in [3.63, 3.8) is 0 Å². The summed E-state index contributed by atoms with van der Waals surface area (Å²) >= 11 is 0. The summed E-state index contributed by atoms with van der Waals surface area (Å²) in [5.41, 5.74) is 8.89. The number of hydrogen-bond donors (Lipinski definition) is 1. The van der Waals surface area contributed by atoms with E-state index in [-0.39, 0.29) is 0 Å². The molecule has 0 amide bonds. The zero-order valence-corrected chi connectivity index (χ0v) is 11.7. The van der Waals surface area contributed by atoms with E-state index in [9.17, 15) is 0 Å². The molecular formula is C15H15N5O. The summed E-state index contributed by atoms with van der Waals surface area (Å²) in [7, 11) is 0. The Hall–Kier alpha value is -2.76. The number of fused-ring (bicyclic) bond motifs is 3. The van der Waals surface area contributed by atoms with Crippen molar-refractivity contribution < 1.29 is 4.42 Å². The van der Waals surface area contributed by atoms with E-state index in [1.807, 2.05) is 33.6 Å². The average Bonchev–Trinajstić information content (AvgIpc) is 3.16. The molecule has 0 aliphatic rings. The molecule has 106 valence electrons. The van der Waals surface area contributed by atoms with Crippen LogP contribution >= 0.6 is 0 Å². The van der Waals surface area contributed by atoms with Crippen LogP contribution in [0.15, 0.2) is 41.3 Å². The van der Waals surface area contributed by atoms with Gasteiger partial charge >= 0.3 is 0 Å². The smallest absolute Gasteiger partial charge is 0.206 e. The number of hydrogen-bond acceptors (Lipinski definition) is 4. The Morgan fingerprint density at radius 1 is 1.38 bits per heavy atom. The monoisotopic (exact) mass is 281 g/mol. The Balaban J connectivity index is 2.01. The molecule has 0 unspecified atom stereocenters. The molecule has 6 nitrogen and oxygen atoms in total. The van der Waals surface area contributed by atoms with Crippen LogP contribution < -0.4 is 5.73 Å². The molecule has 0 fully saturated rings. The Kier molecular flexibility index (Phi) is 2.50. The molecule has 0 spiro atoms. The summed E-state index contributed by atoms with van der Waals surface area (Å²) in [5, 5.41) is 5.41. The Morgan fingerprint density at radius 3 is 3.05 bits per heavy atom. The fraction of sp³-hybridized carbons (Fsp3) is 0.200. The van der Waals surface area contributed by atoms with Gasteiger partial charge in [-0.3, -0.25) is 4.40 Å². The summed E-state index contributed by atoms with van der Waals surface area (Å²) in [6.07, 6.45) is 6.45. The van der Waals surface area contributed by atoms with E-state index >= 15 is 0 Å². The zero-order chi connectivity index (χ0) is 14.4. The van der Waals surface area contributed by atoms with Crippen molar-refractivity contribution in [2.24, 2.45) is 0 Å². The third kappa shape index (κ3) is 1.72. The molecule has 0 radical (unpaired) electrons. The van der Waals surface area contributed by atoms with Crippen LogP contribution in [-0.4, -0.2) is 19.2 Å². The molecule has 0 atom stereocenters. The Morgan fingerprint density at radius 2 is 2.29 bits per heavy atom. The summed E-state index contributed by atoms with van der Waals surface area (Å²) in [5.74, 6) is 1.26. The molecular weight excluding hydrogens is 266 g/mol. The van der Waals surface area contributed by atoms with E-state index in [1.165, 1.54) is 0 Å². The normalized spacial score (nSPS) is 11.7. The fourth-order valence-electron chi connectivity index (χ4n) is 2.65. The van der Waals surface area contributed by atoms with E-state index in [0.717, 1.165) is 40.8 Å². The van der Waals surface area contributed by atoms with Gasteiger partial charge in [0.2, 0.25) is 5.95 Å². The van der Waals surface area contributed by atoms with Gasteiger partial charge in [0.25, 0.3) is 0 Å². The average molecular weight is 281 g/mol. The van der Waals surface area contributed by atoms with Crippen LogP contribution in [-0.2, 0) is 6.54 Å². The van der Waals surface area contributed by atoms with E-state index < -0.39 is 0 Å². The molecule has 4 heterocycles. The molecule has 2 N–H and O–H groups in total. The molecule has 21 heavy (non-hydrogen) atoms. The quantitative estimate of drug-likeness (QED) is 0.626. The highest BCUT2D eigenvalue weighted by Gasteiger charge is 2.14. The highest BCUT2D eigenvalue weighted by atomic mass is 16.3. The van der Waals surface area contributed by atoms with E-state index in [2.05, 4.69) is 23.1 Å². The van der Waals surface area contributed by atoms with Crippen molar-refractivity contribution in [2.75, 3.05) is 5.73 Å². The first kappa shape index (κ1) is 12.0. The predicted octanol–water partition coefficient (Wildman–Crippen LogP) is 2.94. The highest BCUT2D eigenvalue weighted by molar-refractivity contribution is 5.94. The fourth-order valence-corrected chi connectivity index (χ4v) is 2.65. The molecule has 0 saturated carbocycles. The molecule has 4 aromatic heterocycles. The van der Waals surface area contributed by atoms with Gasteiger partial charge in [0.15, 0.2) is 5.65 Å². The van der Waals surface area contributed by atoms with E-state index in [0.29, 0.717) is 5.95 Å². The standard InChI is InChI=1S/C15H15N5O/c1-2-5-20-14-11(8-17-20)12-7-10(13-4-3-6-21-13)9-19(12)15(16)18-14/h3-4,6-9H,2,5H2,1H3,(H2,16,18). The van der Waals surface area contributed by atoms with Crippen molar-refractivity contribution in [3.8, 4) is 11.3 Å². The van der Waals surface area contributed by atoms with Crippen molar-refractivity contribution >= 4 is 22.5 Å². The van der Waals surface area contributed by atoms with Crippen LogP contribution in [0.3, 0.4) is 0 Å². The van der Waals surface area contributed by atoms with Crippen LogP contribution in [0, 0.1) is 0 Å². The van der Waals surface area contributed by atoms with Gasteiger partial charge in [-0.15, -0.1) is 0 Å². The maximum atomic E-state index is 6.09. The highest BCUT2D eigenvalue weighted by Crippen LogP contribution is 2.28. The van der Waals surface area contributed by atoms with Crippen molar-refractivity contribution in [3.05, 3.63) is 36.9 Å². The summed E-state index contributed by atoms with van der Waals surface area (Å²) in [6.45, 7) is 2.94. The minimum Gasteiger partial charge on any atom is -0.464 e. The van der Waals surface area contributed by atoms with Gasteiger partial charge in [-0.05, 0) is 24.6 Å². The third-order valence-electron chi connectivity index (χ3n) is 3.62. The Bertz CT molecular complexity index is 917. The maximum Gasteiger partial charge on any atom is 0.206 e. The molecule has 4 aromatic rings. The van der Waals surface area contributed by atoms with Crippen LogP contribution in [0.1, 0.15) is 13.3 Å². The number of furan rings is 1. The van der Waals surface area contributed by atoms with Crippen LogP contribution in [0.5, 0.6) is 0 Å². The van der Waals surface area contributed by atoms with Gasteiger partial charge in [0.05, 0.1) is 23.4 Å². The van der Waals surface area contributed by atoms with Crippen molar-refractivity contribution in [1.29, 1.82) is 0 Å². The van der Waals surface area contributed by atoms with Gasteiger partial charge in [-0.1, -0.05) is 6.92 Å². The van der Waals surface area contributed by atoms with Gasteiger partial charge in [0.1, 0.15) is 5.76 Å². The van der Waals surface area contributed by atoms with Crippen LogP contribution in [0.4, 0.5) is 5.95 Å². The molecule has 6 heteroatoms. The second-order valence-electron chi connectivity index (χ2n) is 5.04. The van der Waals surface area contributed by atoms with Crippen molar-refractivity contribution in [1.82, 2.24) is 19.2 Å². The van der Waals surface area contributed by atoms with E-state index in [1.54, 1.807) is 6.26 Å². The SMILES string of the molecule is CCCn1ncc2c1nc(N)n1cc(-c3ccco3)cc21. The molecule has 4 rings (SSSR count). The number of nitrogen functional groups attached to an aromatic ring is 1. The number of nitrogens with zero attached hydrogens (tertiary/aromatic N) is 4. The minimum absolute atomic E-state index is 0.452. The lowest BCUT2D eigenvalue weighted by Crippen LogP contribution is -2.04. The topological polar surface area (TPSA) is 74.3 Å². The maximum absolute atomic E-state index is 6.09. The first-order valence-electron chi connectivity index (χ1n) is 6.95. The minimum atomic E-state index is 0.452. The first-order valence-corrected chi connectivity index (χ1v) is 6.95. The largest absolute Gasteiger partial charge is 0.464 e.